The second kappa shape index (κ2) is 13.7. The minimum Gasteiger partial charge on any atom is -0.550 e. The Hall–Kier alpha value is -0.890. The number of aliphatic hydroxyl groups is 3. The molecule has 0 aliphatic carbocycles. The van der Waals surface area contributed by atoms with Crippen LogP contribution in [0.15, 0.2) is 0 Å². The number of hydrogen-bond acceptors (Lipinski definition) is 11. The number of aliphatic hydroxyl groups excluding tert-OH is 2. The highest BCUT2D eigenvalue weighted by atomic mass is 16.7. The first-order chi connectivity index (χ1) is 22.0. The summed E-state index contributed by atoms with van der Waals surface area (Å²) in [5.74, 6) is -4.97. The van der Waals surface area contributed by atoms with Crippen LogP contribution in [0.25, 0.3) is 0 Å². The van der Waals surface area contributed by atoms with Crippen LogP contribution in [0.2, 0.25) is 0 Å². The van der Waals surface area contributed by atoms with Gasteiger partial charge in [-0.15, -0.1) is 0 Å². The topological polar surface area (TPSA) is 156 Å². The van der Waals surface area contributed by atoms with E-state index in [0.717, 1.165) is 32.1 Å². The highest BCUT2D eigenvalue weighted by molar-refractivity contribution is 5.67. The molecular formula is C36H61O11-. The van der Waals surface area contributed by atoms with Gasteiger partial charge in [-0.05, 0) is 57.3 Å². The van der Waals surface area contributed by atoms with E-state index in [1.54, 1.807) is 6.92 Å². The van der Waals surface area contributed by atoms with E-state index in [1.165, 1.54) is 7.11 Å². The molecule has 5 heterocycles. The third-order valence-electron chi connectivity index (χ3n) is 13.0. The number of carboxylic acids is 1. The lowest BCUT2D eigenvalue weighted by atomic mass is 9.78. The molecule has 5 saturated heterocycles. The molecule has 5 fully saturated rings. The Balaban J connectivity index is 1.29. The van der Waals surface area contributed by atoms with Crippen molar-refractivity contribution in [3.63, 3.8) is 0 Å². The van der Waals surface area contributed by atoms with Crippen molar-refractivity contribution in [1.29, 1.82) is 0 Å². The highest BCUT2D eigenvalue weighted by Gasteiger charge is 2.62. The first kappa shape index (κ1) is 37.4. The zero-order valence-electron chi connectivity index (χ0n) is 30.0. The Bertz CT molecular complexity index is 1110. The number of hydrogen-bond donors (Lipinski definition) is 3. The molecule has 0 aromatic rings. The van der Waals surface area contributed by atoms with E-state index in [2.05, 4.69) is 27.7 Å². The van der Waals surface area contributed by atoms with E-state index in [-0.39, 0.29) is 54.0 Å². The van der Waals surface area contributed by atoms with E-state index in [4.69, 9.17) is 28.4 Å². The van der Waals surface area contributed by atoms with Gasteiger partial charge in [0.25, 0.3) is 0 Å². The monoisotopic (exact) mass is 669 g/mol. The van der Waals surface area contributed by atoms with Gasteiger partial charge in [0.05, 0.1) is 60.5 Å². The predicted molar refractivity (Wildman–Crippen MR) is 170 cm³/mol. The Kier molecular flexibility index (Phi) is 10.9. The molecule has 0 saturated carbocycles. The minimum absolute atomic E-state index is 0.158. The fourth-order valence-corrected chi connectivity index (χ4v) is 9.91. The molecule has 1 spiro atoms. The third kappa shape index (κ3) is 6.67. The predicted octanol–water partition coefficient (Wildman–Crippen LogP) is 2.94. The summed E-state index contributed by atoms with van der Waals surface area (Å²) < 4.78 is 39.3. The highest BCUT2D eigenvalue weighted by Crippen LogP contribution is 2.55. The molecular weight excluding hydrogens is 608 g/mol. The van der Waals surface area contributed by atoms with Crippen LogP contribution in [0.3, 0.4) is 0 Å². The lowest BCUT2D eigenvalue weighted by Crippen LogP contribution is -2.57. The maximum absolute atomic E-state index is 11.7. The number of aliphatic carboxylic acids is 1. The minimum atomic E-state index is -1.57. The molecule has 3 N–H and O–H groups in total. The summed E-state index contributed by atoms with van der Waals surface area (Å²) in [4.78, 5) is 11.7. The van der Waals surface area contributed by atoms with Gasteiger partial charge in [0, 0.05) is 49.6 Å². The van der Waals surface area contributed by atoms with Crippen molar-refractivity contribution in [2.45, 2.75) is 172 Å². The van der Waals surface area contributed by atoms with Crippen molar-refractivity contribution >= 4 is 5.97 Å². The van der Waals surface area contributed by atoms with Crippen LogP contribution in [0.1, 0.15) is 107 Å². The van der Waals surface area contributed by atoms with Crippen molar-refractivity contribution in [2.24, 2.45) is 35.5 Å². The number of carbonyl (C=O) groups excluding carboxylic acids is 1. The normalized spacial score (nSPS) is 50.9. The maximum Gasteiger partial charge on any atom is 0.192 e. The van der Waals surface area contributed by atoms with Gasteiger partial charge >= 0.3 is 0 Å². The second-order valence-electron chi connectivity index (χ2n) is 16.3. The Labute approximate surface area is 281 Å². The van der Waals surface area contributed by atoms with Crippen molar-refractivity contribution in [2.75, 3.05) is 13.7 Å². The summed E-state index contributed by atoms with van der Waals surface area (Å²) in [5.41, 5.74) is -1.16. The van der Waals surface area contributed by atoms with E-state index in [0.29, 0.717) is 19.3 Å². The zero-order valence-corrected chi connectivity index (χ0v) is 30.0. The summed E-state index contributed by atoms with van der Waals surface area (Å²) >= 11 is 0. The Morgan fingerprint density at radius 2 is 1.74 bits per heavy atom. The van der Waals surface area contributed by atoms with Gasteiger partial charge in [-0.2, -0.15) is 0 Å². The van der Waals surface area contributed by atoms with Crippen molar-refractivity contribution < 1.29 is 53.6 Å². The lowest BCUT2D eigenvalue weighted by molar-refractivity contribution is -0.338. The molecule has 5 aliphatic rings. The summed E-state index contributed by atoms with van der Waals surface area (Å²) in [6.07, 6.45) is 2.81. The van der Waals surface area contributed by atoms with Gasteiger partial charge in [-0.1, -0.05) is 48.5 Å². The number of rotatable bonds is 10. The average molecular weight is 670 g/mol. The molecule has 0 aromatic heterocycles. The van der Waals surface area contributed by atoms with Crippen LogP contribution in [-0.2, 0) is 33.2 Å². The number of methoxy groups -OCH3 is 1. The molecule has 1 unspecified atom stereocenters. The molecule has 0 aromatic carbocycles. The smallest absolute Gasteiger partial charge is 0.192 e. The van der Waals surface area contributed by atoms with Gasteiger partial charge < -0.3 is 53.6 Å². The van der Waals surface area contributed by atoms with Crippen LogP contribution in [0, 0.1) is 35.5 Å². The van der Waals surface area contributed by atoms with Crippen LogP contribution < -0.4 is 5.11 Å². The van der Waals surface area contributed by atoms with Gasteiger partial charge in [0.1, 0.15) is 0 Å². The van der Waals surface area contributed by atoms with E-state index in [9.17, 15) is 25.2 Å². The maximum atomic E-state index is 11.7. The van der Waals surface area contributed by atoms with Crippen LogP contribution in [0.5, 0.6) is 0 Å². The molecule has 11 heteroatoms. The van der Waals surface area contributed by atoms with Crippen molar-refractivity contribution in [1.82, 2.24) is 0 Å². The van der Waals surface area contributed by atoms with Crippen molar-refractivity contribution in [3.8, 4) is 0 Å². The van der Waals surface area contributed by atoms with E-state index >= 15 is 0 Å². The molecule has 5 aliphatic heterocycles. The summed E-state index contributed by atoms with van der Waals surface area (Å²) in [5, 5.41) is 43.9. The second-order valence-corrected chi connectivity index (χ2v) is 16.3. The van der Waals surface area contributed by atoms with Crippen LogP contribution in [0.4, 0.5) is 0 Å². The van der Waals surface area contributed by atoms with Gasteiger partial charge in [0.2, 0.25) is 0 Å². The van der Waals surface area contributed by atoms with Gasteiger partial charge in [-0.3, -0.25) is 0 Å². The first-order valence-electron chi connectivity index (χ1n) is 18.1. The van der Waals surface area contributed by atoms with E-state index in [1.807, 2.05) is 20.8 Å². The Morgan fingerprint density at radius 1 is 1.04 bits per heavy atom. The molecule has 0 amide bonds. The fourth-order valence-electron chi connectivity index (χ4n) is 9.91. The largest absolute Gasteiger partial charge is 0.550 e. The molecule has 0 radical (unpaired) electrons. The first-order valence-corrected chi connectivity index (χ1v) is 18.1. The van der Waals surface area contributed by atoms with Crippen LogP contribution in [-0.4, -0.2) is 101 Å². The zero-order chi connectivity index (χ0) is 34.7. The van der Waals surface area contributed by atoms with Crippen molar-refractivity contribution in [3.05, 3.63) is 0 Å². The molecule has 5 rings (SSSR count). The SMILES string of the molecule is CC[C@@]1([C@@H]2O[C@@H]([C@H]3O[C@@](O)(CO)[C@H](C)C[C@@H]3C)C[C@@H]2C)CC[C@H]([C@]2(C)CCC3(C[C@H](O)[C@@H](C)[C@@H]([C@@H](C)[C@@H](OC)[C@H](C)C(=O)[O-])O3)O2)O1. The van der Waals surface area contributed by atoms with Gasteiger partial charge in [-0.25, -0.2) is 0 Å². The third-order valence-corrected chi connectivity index (χ3v) is 13.0. The summed E-state index contributed by atoms with van der Waals surface area (Å²) in [6, 6.07) is 0. The standard InChI is InChI=1S/C36H62O11/c1-10-34(31-20(3)16-26(43-31)28-19(2)15-21(4)36(41,18-37)46-28)12-11-27(44-34)33(8)13-14-35(47-33)17-25(38)22(5)30(45-35)23(6)29(42-9)24(7)32(39)40/h19-31,37-38,41H,10-18H2,1-9H3,(H,39,40)/p-1/t19-,20-,21+,22+,23-,24-,25-,26+,27+,28-,29+,30-,31+,33-,34-,35?,36-/m0/s1. The lowest BCUT2D eigenvalue weighted by Gasteiger charge is -2.49. The Morgan fingerprint density at radius 3 is 2.36 bits per heavy atom. The number of carboxylic acid groups (broad SMARTS) is 1. The number of carbonyl (C=O) groups is 1. The van der Waals surface area contributed by atoms with E-state index < -0.39 is 59.6 Å². The van der Waals surface area contributed by atoms with Crippen LogP contribution >= 0.6 is 0 Å². The average Bonchev–Trinajstić information content (AvgIpc) is 3.73. The molecule has 0 bridgehead atoms. The quantitative estimate of drug-likeness (QED) is 0.314. The molecule has 17 atom stereocenters. The summed E-state index contributed by atoms with van der Waals surface area (Å²) in [6.45, 7) is 15.4. The fraction of sp³-hybridized carbons (Fsp3) is 0.972. The molecule has 272 valence electrons. The number of ether oxygens (including phenoxy) is 6. The molecule has 47 heavy (non-hydrogen) atoms. The summed E-state index contributed by atoms with van der Waals surface area (Å²) in [7, 11) is 1.50. The molecule has 11 nitrogen and oxygen atoms in total. The van der Waals surface area contributed by atoms with Gasteiger partial charge in [0.15, 0.2) is 11.6 Å².